The summed E-state index contributed by atoms with van der Waals surface area (Å²) in [5.74, 6) is 0.846. The lowest BCUT2D eigenvalue weighted by Crippen LogP contribution is -2.02. The van der Waals surface area contributed by atoms with Crippen LogP contribution in [0.5, 0.6) is 0 Å². The van der Waals surface area contributed by atoms with E-state index in [-0.39, 0.29) is 0 Å². The van der Waals surface area contributed by atoms with Crippen LogP contribution < -0.4 is 11.1 Å². The second-order valence-electron chi connectivity index (χ2n) is 3.22. The van der Waals surface area contributed by atoms with Crippen molar-refractivity contribution in [3.8, 4) is 5.69 Å². The van der Waals surface area contributed by atoms with E-state index in [1.807, 2.05) is 19.1 Å². The lowest BCUT2D eigenvalue weighted by molar-refractivity contribution is 0.889. The zero-order valence-electron chi connectivity index (χ0n) is 8.81. The van der Waals surface area contributed by atoms with Crippen molar-refractivity contribution in [3.05, 3.63) is 29.3 Å². The minimum atomic E-state index is 0.332. The molecule has 1 aromatic heterocycles. The van der Waals surface area contributed by atoms with Crippen LogP contribution >= 0.6 is 11.6 Å². The van der Waals surface area contributed by atoms with Crippen LogP contribution in [0.25, 0.3) is 5.69 Å². The van der Waals surface area contributed by atoms with E-state index in [0.717, 1.165) is 12.2 Å². The van der Waals surface area contributed by atoms with Crippen LogP contribution in [-0.2, 0) is 0 Å². The summed E-state index contributed by atoms with van der Waals surface area (Å²) in [7, 11) is 0. The van der Waals surface area contributed by atoms with Crippen molar-refractivity contribution in [2.45, 2.75) is 6.92 Å². The lowest BCUT2D eigenvalue weighted by Gasteiger charge is -2.01. The van der Waals surface area contributed by atoms with Crippen molar-refractivity contribution in [2.75, 3.05) is 17.6 Å². The highest BCUT2D eigenvalue weighted by atomic mass is 35.5. The molecule has 5 nitrogen and oxygen atoms in total. The van der Waals surface area contributed by atoms with Gasteiger partial charge in [0.05, 0.1) is 5.69 Å². The largest absolute Gasteiger partial charge is 0.368 e. The summed E-state index contributed by atoms with van der Waals surface area (Å²) in [6, 6.07) is 7.28. The molecule has 0 bridgehead atoms. The van der Waals surface area contributed by atoms with Crippen molar-refractivity contribution in [3.63, 3.8) is 0 Å². The number of nitrogens with two attached hydrogens (primary N) is 1. The molecule has 2 aromatic rings. The van der Waals surface area contributed by atoms with E-state index in [9.17, 15) is 0 Å². The van der Waals surface area contributed by atoms with Gasteiger partial charge in [-0.2, -0.15) is 9.67 Å². The molecule has 1 heterocycles. The molecule has 0 aliphatic carbocycles. The van der Waals surface area contributed by atoms with Gasteiger partial charge in [0.2, 0.25) is 11.9 Å². The van der Waals surface area contributed by atoms with E-state index >= 15 is 0 Å². The fourth-order valence-electron chi connectivity index (χ4n) is 1.36. The second kappa shape index (κ2) is 4.40. The molecule has 84 valence electrons. The smallest absolute Gasteiger partial charge is 0.244 e. The zero-order chi connectivity index (χ0) is 11.5. The Labute approximate surface area is 98.2 Å². The maximum atomic E-state index is 5.90. The van der Waals surface area contributed by atoms with Gasteiger partial charge < -0.3 is 11.1 Å². The van der Waals surface area contributed by atoms with Gasteiger partial charge in [-0.25, -0.2) is 0 Å². The molecule has 0 saturated carbocycles. The fraction of sp³-hybridized carbons (Fsp3) is 0.200. The number of anilines is 2. The molecule has 1 aromatic carbocycles. The molecule has 16 heavy (non-hydrogen) atoms. The molecule has 0 radical (unpaired) electrons. The molecule has 0 unspecified atom stereocenters. The first-order valence-electron chi connectivity index (χ1n) is 4.93. The number of hydrogen-bond donors (Lipinski definition) is 2. The van der Waals surface area contributed by atoms with Crippen LogP contribution in [-0.4, -0.2) is 21.3 Å². The molecule has 0 aliphatic rings. The van der Waals surface area contributed by atoms with Crippen LogP contribution in [0.15, 0.2) is 24.3 Å². The molecule has 0 aliphatic heterocycles. The Morgan fingerprint density at radius 1 is 1.50 bits per heavy atom. The SMILES string of the molecule is CCNc1nc(N)n(-c2cccc(Cl)c2)n1. The van der Waals surface area contributed by atoms with Gasteiger partial charge in [-0.15, -0.1) is 5.10 Å². The minimum absolute atomic E-state index is 0.332. The molecule has 0 atom stereocenters. The molecule has 3 N–H and O–H groups in total. The number of nitrogens with one attached hydrogen (secondary N) is 1. The fourth-order valence-corrected chi connectivity index (χ4v) is 1.54. The van der Waals surface area contributed by atoms with E-state index in [4.69, 9.17) is 17.3 Å². The molecule has 0 saturated heterocycles. The van der Waals surface area contributed by atoms with Gasteiger partial charge in [-0.1, -0.05) is 17.7 Å². The van der Waals surface area contributed by atoms with E-state index in [0.29, 0.717) is 16.9 Å². The Morgan fingerprint density at radius 3 is 3.00 bits per heavy atom. The minimum Gasteiger partial charge on any atom is -0.368 e. The number of rotatable bonds is 3. The highest BCUT2D eigenvalue weighted by molar-refractivity contribution is 6.30. The Morgan fingerprint density at radius 2 is 2.31 bits per heavy atom. The van der Waals surface area contributed by atoms with E-state index in [2.05, 4.69) is 15.4 Å². The third-order valence-corrected chi connectivity index (χ3v) is 2.25. The maximum Gasteiger partial charge on any atom is 0.244 e. The average molecular weight is 238 g/mol. The van der Waals surface area contributed by atoms with Gasteiger partial charge in [-0.3, -0.25) is 0 Å². The monoisotopic (exact) mass is 237 g/mol. The van der Waals surface area contributed by atoms with Gasteiger partial charge in [0, 0.05) is 11.6 Å². The number of halogens is 1. The van der Waals surface area contributed by atoms with Crippen molar-refractivity contribution < 1.29 is 0 Å². The third kappa shape index (κ3) is 2.09. The Balaban J connectivity index is 2.40. The van der Waals surface area contributed by atoms with Crippen molar-refractivity contribution in [2.24, 2.45) is 0 Å². The van der Waals surface area contributed by atoms with Gasteiger partial charge in [0.1, 0.15) is 0 Å². The molecule has 0 fully saturated rings. The molecule has 6 heteroatoms. The number of benzene rings is 1. The summed E-state index contributed by atoms with van der Waals surface area (Å²) < 4.78 is 1.55. The predicted molar refractivity (Wildman–Crippen MR) is 64.9 cm³/mol. The number of nitrogen functional groups attached to an aromatic ring is 1. The lowest BCUT2D eigenvalue weighted by atomic mass is 10.3. The van der Waals surface area contributed by atoms with Crippen LogP contribution in [0.3, 0.4) is 0 Å². The van der Waals surface area contributed by atoms with Crippen LogP contribution in [0, 0.1) is 0 Å². The number of aromatic nitrogens is 3. The molecule has 2 rings (SSSR count). The normalized spacial score (nSPS) is 10.4. The average Bonchev–Trinajstić information content (AvgIpc) is 2.60. The maximum absolute atomic E-state index is 5.90. The Hall–Kier alpha value is -1.75. The van der Waals surface area contributed by atoms with Gasteiger partial charge in [-0.05, 0) is 25.1 Å². The zero-order valence-corrected chi connectivity index (χ0v) is 9.57. The standard InChI is InChI=1S/C10H12ClN5/c1-2-13-10-14-9(12)16(15-10)8-5-3-4-7(11)6-8/h3-6H,2H2,1H3,(H3,12,13,14,15). The summed E-state index contributed by atoms with van der Waals surface area (Å²) in [4.78, 5) is 4.08. The summed E-state index contributed by atoms with van der Waals surface area (Å²) >= 11 is 5.90. The van der Waals surface area contributed by atoms with Gasteiger partial charge >= 0.3 is 0 Å². The van der Waals surface area contributed by atoms with Gasteiger partial charge in [0.25, 0.3) is 0 Å². The summed E-state index contributed by atoms with van der Waals surface area (Å²) in [6.07, 6.45) is 0. The van der Waals surface area contributed by atoms with E-state index < -0.39 is 0 Å². The number of nitrogens with zero attached hydrogens (tertiary/aromatic N) is 3. The first-order valence-corrected chi connectivity index (χ1v) is 5.31. The summed E-state index contributed by atoms with van der Waals surface area (Å²) in [6.45, 7) is 2.72. The Kier molecular flexibility index (Phi) is 2.96. The molecule has 0 spiro atoms. The topological polar surface area (TPSA) is 68.8 Å². The van der Waals surface area contributed by atoms with Crippen LogP contribution in [0.2, 0.25) is 5.02 Å². The highest BCUT2D eigenvalue weighted by Gasteiger charge is 2.07. The highest BCUT2D eigenvalue weighted by Crippen LogP contribution is 2.17. The first-order chi connectivity index (χ1) is 7.70. The van der Waals surface area contributed by atoms with Gasteiger partial charge in [0.15, 0.2) is 0 Å². The Bertz CT molecular complexity index is 494. The molecule has 0 amide bonds. The van der Waals surface area contributed by atoms with Crippen LogP contribution in [0.1, 0.15) is 6.92 Å². The molecular formula is C10H12ClN5. The quantitative estimate of drug-likeness (QED) is 0.856. The summed E-state index contributed by atoms with van der Waals surface area (Å²) in [5.41, 5.74) is 6.55. The van der Waals surface area contributed by atoms with E-state index in [1.165, 1.54) is 0 Å². The van der Waals surface area contributed by atoms with E-state index in [1.54, 1.807) is 16.8 Å². The summed E-state index contributed by atoms with van der Waals surface area (Å²) in [5, 5.41) is 7.86. The van der Waals surface area contributed by atoms with Crippen LogP contribution in [0.4, 0.5) is 11.9 Å². The molecular weight excluding hydrogens is 226 g/mol. The van der Waals surface area contributed by atoms with Crippen molar-refractivity contribution >= 4 is 23.5 Å². The first kappa shape index (κ1) is 10.8. The van der Waals surface area contributed by atoms with Crippen molar-refractivity contribution in [1.82, 2.24) is 14.8 Å². The predicted octanol–water partition coefficient (Wildman–Crippen LogP) is 1.93. The third-order valence-electron chi connectivity index (χ3n) is 2.02. The van der Waals surface area contributed by atoms with Crippen molar-refractivity contribution in [1.29, 1.82) is 0 Å². The number of hydrogen-bond acceptors (Lipinski definition) is 4. The second-order valence-corrected chi connectivity index (χ2v) is 3.65.